The monoisotopic (exact) mass is 277 g/mol. The predicted octanol–water partition coefficient (Wildman–Crippen LogP) is 1.88. The smallest absolute Gasteiger partial charge is 0.266 e. The van der Waals surface area contributed by atoms with Crippen LogP contribution in [0.2, 0.25) is 0 Å². The summed E-state index contributed by atoms with van der Waals surface area (Å²) < 4.78 is 26.5. The second-order valence-electron chi connectivity index (χ2n) is 3.91. The summed E-state index contributed by atoms with van der Waals surface area (Å²) in [6.07, 6.45) is 3.11. The van der Waals surface area contributed by atoms with E-state index in [2.05, 4.69) is 4.98 Å². The topological polar surface area (TPSA) is 76.3 Å². The Morgan fingerprint density at radius 2 is 1.79 bits per heavy atom. The van der Waals surface area contributed by atoms with Crippen LogP contribution >= 0.6 is 0 Å². The summed E-state index contributed by atoms with van der Waals surface area (Å²) in [4.78, 5) is 4.01. The highest BCUT2D eigenvalue weighted by molar-refractivity contribution is 7.93. The molecule has 0 saturated heterocycles. The molecule has 0 bridgehead atoms. The van der Waals surface area contributed by atoms with Gasteiger partial charge >= 0.3 is 0 Å². The zero-order valence-corrected chi connectivity index (χ0v) is 11.3. The molecule has 0 radical (unpaired) electrons. The molecule has 0 aliphatic rings. The SMILES string of the molecule is CCN(c1ccncc1)S(=O)(=O)c1ccccc1N. The standard InChI is InChI=1S/C13H15N3O2S/c1-2-16(11-7-9-15-10-8-11)19(17,18)13-6-4-3-5-12(13)14/h3-10H,2,14H2,1H3. The first kappa shape index (κ1) is 13.4. The summed E-state index contributed by atoms with van der Waals surface area (Å²) in [5.41, 5.74) is 6.57. The Morgan fingerprint density at radius 3 is 2.37 bits per heavy atom. The molecule has 2 aromatic rings. The van der Waals surface area contributed by atoms with Gasteiger partial charge in [0.25, 0.3) is 10.0 Å². The van der Waals surface area contributed by atoms with Crippen LogP contribution in [0.1, 0.15) is 6.92 Å². The van der Waals surface area contributed by atoms with E-state index in [9.17, 15) is 8.42 Å². The number of hydrogen-bond donors (Lipinski definition) is 1. The fraction of sp³-hybridized carbons (Fsp3) is 0.154. The second-order valence-corrected chi connectivity index (χ2v) is 5.74. The van der Waals surface area contributed by atoms with E-state index in [4.69, 9.17) is 5.73 Å². The Balaban J connectivity index is 2.52. The maximum atomic E-state index is 12.6. The fourth-order valence-electron chi connectivity index (χ4n) is 1.84. The van der Waals surface area contributed by atoms with Crippen LogP contribution in [0, 0.1) is 0 Å². The third-order valence-corrected chi connectivity index (χ3v) is 4.70. The van der Waals surface area contributed by atoms with E-state index < -0.39 is 10.0 Å². The first-order valence-corrected chi connectivity index (χ1v) is 7.28. The molecule has 1 heterocycles. The molecule has 0 fully saturated rings. The molecule has 2 rings (SSSR count). The summed E-state index contributed by atoms with van der Waals surface area (Å²) >= 11 is 0. The molecule has 0 spiro atoms. The van der Waals surface area contributed by atoms with Gasteiger partial charge in [-0.05, 0) is 31.2 Å². The lowest BCUT2D eigenvalue weighted by Crippen LogP contribution is -2.31. The van der Waals surface area contributed by atoms with Crippen molar-refractivity contribution < 1.29 is 8.42 Å². The fourth-order valence-corrected chi connectivity index (χ4v) is 3.43. The molecular formula is C13H15N3O2S. The Bertz CT molecular complexity index is 657. The minimum Gasteiger partial charge on any atom is -0.398 e. The van der Waals surface area contributed by atoms with E-state index in [1.165, 1.54) is 10.4 Å². The zero-order valence-electron chi connectivity index (χ0n) is 10.5. The maximum Gasteiger partial charge on any atom is 0.266 e. The number of para-hydroxylation sites is 1. The number of rotatable bonds is 4. The molecule has 100 valence electrons. The van der Waals surface area contributed by atoms with Gasteiger partial charge in [-0.3, -0.25) is 9.29 Å². The summed E-state index contributed by atoms with van der Waals surface area (Å²) in [6.45, 7) is 2.10. The molecule has 0 atom stereocenters. The van der Waals surface area contributed by atoms with Crippen molar-refractivity contribution in [1.82, 2.24) is 4.98 Å². The molecule has 1 aromatic carbocycles. The molecule has 1 aromatic heterocycles. The molecule has 2 N–H and O–H groups in total. The van der Waals surface area contributed by atoms with Crippen molar-refractivity contribution >= 4 is 21.4 Å². The number of anilines is 2. The Labute approximate surface area is 112 Å². The predicted molar refractivity (Wildman–Crippen MR) is 75.3 cm³/mol. The molecule has 0 unspecified atom stereocenters. The number of aromatic nitrogens is 1. The number of sulfonamides is 1. The van der Waals surface area contributed by atoms with Crippen molar-refractivity contribution in [2.24, 2.45) is 0 Å². The molecular weight excluding hydrogens is 262 g/mol. The van der Waals surface area contributed by atoms with Gasteiger partial charge in [0, 0.05) is 18.9 Å². The number of nitrogens with two attached hydrogens (primary N) is 1. The third-order valence-electron chi connectivity index (χ3n) is 2.72. The molecule has 0 aliphatic heterocycles. The minimum absolute atomic E-state index is 0.119. The Morgan fingerprint density at radius 1 is 1.16 bits per heavy atom. The highest BCUT2D eigenvalue weighted by Crippen LogP contribution is 2.26. The lowest BCUT2D eigenvalue weighted by molar-refractivity contribution is 0.592. The van der Waals surface area contributed by atoms with Crippen molar-refractivity contribution in [3.8, 4) is 0 Å². The summed E-state index contributed by atoms with van der Waals surface area (Å²) in [5, 5.41) is 0. The van der Waals surface area contributed by atoms with Gasteiger partial charge < -0.3 is 5.73 Å². The van der Waals surface area contributed by atoms with Crippen LogP contribution in [-0.2, 0) is 10.0 Å². The summed E-state index contributed by atoms with van der Waals surface area (Å²) in [5.74, 6) is 0. The molecule has 0 aliphatic carbocycles. The summed E-state index contributed by atoms with van der Waals surface area (Å²) in [6, 6.07) is 9.75. The Kier molecular flexibility index (Phi) is 3.71. The average Bonchev–Trinajstić information content (AvgIpc) is 2.40. The van der Waals surface area contributed by atoms with Gasteiger partial charge in [-0.1, -0.05) is 12.1 Å². The quantitative estimate of drug-likeness (QED) is 0.866. The van der Waals surface area contributed by atoms with Crippen LogP contribution in [0.4, 0.5) is 11.4 Å². The highest BCUT2D eigenvalue weighted by Gasteiger charge is 2.25. The second kappa shape index (κ2) is 5.27. The van der Waals surface area contributed by atoms with Crippen LogP contribution < -0.4 is 10.0 Å². The largest absolute Gasteiger partial charge is 0.398 e. The van der Waals surface area contributed by atoms with Crippen molar-refractivity contribution in [2.75, 3.05) is 16.6 Å². The van der Waals surface area contributed by atoms with Crippen molar-refractivity contribution in [3.63, 3.8) is 0 Å². The van der Waals surface area contributed by atoms with Crippen LogP contribution in [0.5, 0.6) is 0 Å². The van der Waals surface area contributed by atoms with Gasteiger partial charge in [0.1, 0.15) is 4.90 Å². The van der Waals surface area contributed by atoms with E-state index in [0.29, 0.717) is 12.2 Å². The number of nitrogen functional groups attached to an aromatic ring is 1. The van der Waals surface area contributed by atoms with Gasteiger partial charge in [0.05, 0.1) is 11.4 Å². The van der Waals surface area contributed by atoms with Gasteiger partial charge in [-0.2, -0.15) is 0 Å². The average molecular weight is 277 g/mol. The maximum absolute atomic E-state index is 12.6. The number of pyridine rings is 1. The Hall–Kier alpha value is -2.08. The summed E-state index contributed by atoms with van der Waals surface area (Å²) in [7, 11) is -3.65. The van der Waals surface area contributed by atoms with E-state index in [1.54, 1.807) is 49.6 Å². The number of nitrogens with zero attached hydrogens (tertiary/aromatic N) is 2. The highest BCUT2D eigenvalue weighted by atomic mass is 32.2. The van der Waals surface area contributed by atoms with Crippen LogP contribution in [0.3, 0.4) is 0 Å². The first-order chi connectivity index (χ1) is 9.07. The molecule has 5 nitrogen and oxygen atoms in total. The third kappa shape index (κ3) is 2.53. The minimum atomic E-state index is -3.65. The molecule has 0 saturated carbocycles. The van der Waals surface area contributed by atoms with Gasteiger partial charge in [-0.25, -0.2) is 8.42 Å². The van der Waals surface area contributed by atoms with Crippen LogP contribution in [0.15, 0.2) is 53.7 Å². The van der Waals surface area contributed by atoms with Gasteiger partial charge in [-0.15, -0.1) is 0 Å². The molecule has 6 heteroatoms. The van der Waals surface area contributed by atoms with Gasteiger partial charge in [0.2, 0.25) is 0 Å². The van der Waals surface area contributed by atoms with Crippen molar-refractivity contribution in [3.05, 3.63) is 48.8 Å². The van der Waals surface area contributed by atoms with E-state index in [1.807, 2.05) is 0 Å². The van der Waals surface area contributed by atoms with E-state index in [0.717, 1.165) is 0 Å². The van der Waals surface area contributed by atoms with Crippen LogP contribution in [0.25, 0.3) is 0 Å². The normalized spacial score (nSPS) is 11.2. The van der Waals surface area contributed by atoms with E-state index >= 15 is 0 Å². The number of benzene rings is 1. The number of hydrogen-bond acceptors (Lipinski definition) is 4. The lowest BCUT2D eigenvalue weighted by Gasteiger charge is -2.23. The first-order valence-electron chi connectivity index (χ1n) is 5.84. The van der Waals surface area contributed by atoms with Crippen LogP contribution in [-0.4, -0.2) is 19.9 Å². The zero-order chi connectivity index (χ0) is 13.9. The molecule has 0 amide bonds. The lowest BCUT2D eigenvalue weighted by atomic mass is 10.3. The van der Waals surface area contributed by atoms with Gasteiger partial charge in [0.15, 0.2) is 0 Å². The van der Waals surface area contributed by atoms with Crippen molar-refractivity contribution in [1.29, 1.82) is 0 Å². The van der Waals surface area contributed by atoms with Crippen molar-refractivity contribution in [2.45, 2.75) is 11.8 Å². The van der Waals surface area contributed by atoms with E-state index in [-0.39, 0.29) is 10.6 Å². The molecule has 19 heavy (non-hydrogen) atoms.